The average Bonchev–Trinajstić information content (AvgIpc) is 2.82. The molecule has 0 aliphatic rings. The summed E-state index contributed by atoms with van der Waals surface area (Å²) in [6.07, 6.45) is 0.951. The molecule has 0 radical (unpaired) electrons. The first kappa shape index (κ1) is 16.9. The number of aryl methyl sites for hydroxylation is 1. The van der Waals surface area contributed by atoms with Gasteiger partial charge >= 0.3 is 0 Å². The fraction of sp³-hybridized carbons (Fsp3) is 0.438. The summed E-state index contributed by atoms with van der Waals surface area (Å²) >= 11 is 11.3. The highest BCUT2D eigenvalue weighted by atomic mass is 79.9. The SMILES string of the molecule is CCc1nc(-c2ccc(Cl)c(Br)c2)sc1CNC(C)(C)C. The minimum absolute atomic E-state index is 0.110. The van der Waals surface area contributed by atoms with Crippen molar-refractivity contribution in [2.24, 2.45) is 0 Å². The second kappa shape index (κ2) is 6.78. The third-order valence-corrected chi connectivity index (χ3v) is 5.42. The number of aromatic nitrogens is 1. The zero-order valence-corrected chi connectivity index (χ0v) is 15.9. The summed E-state index contributed by atoms with van der Waals surface area (Å²) in [6.45, 7) is 9.54. The van der Waals surface area contributed by atoms with Gasteiger partial charge in [-0.05, 0) is 55.3 Å². The van der Waals surface area contributed by atoms with E-state index in [1.165, 1.54) is 10.6 Å². The van der Waals surface area contributed by atoms with Crippen LogP contribution < -0.4 is 5.32 Å². The Labute approximate surface area is 144 Å². The van der Waals surface area contributed by atoms with Crippen LogP contribution in [-0.2, 0) is 13.0 Å². The average molecular weight is 388 g/mol. The van der Waals surface area contributed by atoms with Crippen LogP contribution in [0.4, 0.5) is 0 Å². The number of thiazole rings is 1. The second-order valence-corrected chi connectivity index (χ2v) is 8.32. The van der Waals surface area contributed by atoms with Crippen molar-refractivity contribution in [1.82, 2.24) is 10.3 Å². The minimum Gasteiger partial charge on any atom is -0.307 e. The molecule has 1 aromatic heterocycles. The lowest BCUT2D eigenvalue weighted by Crippen LogP contribution is -2.35. The molecule has 1 aromatic carbocycles. The first-order chi connectivity index (χ1) is 9.80. The Morgan fingerprint density at radius 2 is 2.05 bits per heavy atom. The van der Waals surface area contributed by atoms with E-state index in [1.54, 1.807) is 11.3 Å². The molecular formula is C16H20BrClN2S. The van der Waals surface area contributed by atoms with Gasteiger partial charge in [0.25, 0.3) is 0 Å². The molecule has 5 heteroatoms. The lowest BCUT2D eigenvalue weighted by atomic mass is 10.1. The number of nitrogens with zero attached hydrogens (tertiary/aromatic N) is 1. The zero-order valence-electron chi connectivity index (χ0n) is 12.8. The Kier molecular flexibility index (Phi) is 5.47. The van der Waals surface area contributed by atoms with Crippen LogP contribution in [0.25, 0.3) is 10.6 Å². The number of benzene rings is 1. The zero-order chi connectivity index (χ0) is 15.6. The van der Waals surface area contributed by atoms with E-state index in [-0.39, 0.29) is 5.54 Å². The molecule has 0 spiro atoms. The van der Waals surface area contributed by atoms with E-state index in [9.17, 15) is 0 Å². The highest BCUT2D eigenvalue weighted by molar-refractivity contribution is 9.10. The smallest absolute Gasteiger partial charge is 0.123 e. The van der Waals surface area contributed by atoms with Gasteiger partial charge in [0.15, 0.2) is 0 Å². The van der Waals surface area contributed by atoms with Gasteiger partial charge in [0, 0.05) is 27.0 Å². The Hall–Kier alpha value is -0.420. The molecule has 0 saturated heterocycles. The van der Waals surface area contributed by atoms with Crippen LogP contribution in [0, 0.1) is 0 Å². The Bertz CT molecular complexity index is 632. The van der Waals surface area contributed by atoms with Gasteiger partial charge in [-0.25, -0.2) is 4.98 Å². The topological polar surface area (TPSA) is 24.9 Å². The van der Waals surface area contributed by atoms with Crippen molar-refractivity contribution < 1.29 is 0 Å². The van der Waals surface area contributed by atoms with E-state index in [1.807, 2.05) is 18.2 Å². The molecule has 0 bridgehead atoms. The number of hydrogen-bond donors (Lipinski definition) is 1. The summed E-state index contributed by atoms with van der Waals surface area (Å²) < 4.78 is 0.907. The Morgan fingerprint density at radius 1 is 1.33 bits per heavy atom. The van der Waals surface area contributed by atoms with Crippen LogP contribution in [0.2, 0.25) is 5.02 Å². The van der Waals surface area contributed by atoms with Crippen LogP contribution in [-0.4, -0.2) is 10.5 Å². The molecule has 0 atom stereocenters. The lowest BCUT2D eigenvalue weighted by molar-refractivity contribution is 0.425. The number of nitrogens with one attached hydrogen (secondary N) is 1. The van der Waals surface area contributed by atoms with Gasteiger partial charge in [-0.15, -0.1) is 11.3 Å². The van der Waals surface area contributed by atoms with E-state index in [0.29, 0.717) is 0 Å². The van der Waals surface area contributed by atoms with Crippen molar-refractivity contribution in [3.8, 4) is 10.6 Å². The standard InChI is InChI=1S/C16H20BrClN2S/c1-5-13-14(9-19-16(2,3)4)21-15(20-13)10-6-7-12(18)11(17)8-10/h6-8,19H,5,9H2,1-4H3. The van der Waals surface area contributed by atoms with Crippen LogP contribution >= 0.6 is 38.9 Å². The van der Waals surface area contributed by atoms with Crippen molar-refractivity contribution in [3.05, 3.63) is 38.3 Å². The molecule has 0 unspecified atom stereocenters. The van der Waals surface area contributed by atoms with Gasteiger partial charge in [-0.3, -0.25) is 0 Å². The van der Waals surface area contributed by atoms with E-state index >= 15 is 0 Å². The summed E-state index contributed by atoms with van der Waals surface area (Å²) in [7, 11) is 0. The minimum atomic E-state index is 0.110. The van der Waals surface area contributed by atoms with Crippen LogP contribution in [0.3, 0.4) is 0 Å². The van der Waals surface area contributed by atoms with E-state index < -0.39 is 0 Å². The molecule has 2 nitrogen and oxygen atoms in total. The maximum Gasteiger partial charge on any atom is 0.123 e. The molecule has 0 aliphatic carbocycles. The lowest BCUT2D eigenvalue weighted by Gasteiger charge is -2.20. The molecule has 21 heavy (non-hydrogen) atoms. The number of hydrogen-bond acceptors (Lipinski definition) is 3. The molecule has 2 rings (SSSR count). The van der Waals surface area contributed by atoms with Crippen molar-refractivity contribution in [2.45, 2.75) is 46.2 Å². The highest BCUT2D eigenvalue weighted by Gasteiger charge is 2.15. The summed E-state index contributed by atoms with van der Waals surface area (Å²) in [6, 6.07) is 5.95. The molecule has 114 valence electrons. The molecule has 0 aliphatic heterocycles. The predicted molar refractivity (Wildman–Crippen MR) is 96.2 cm³/mol. The molecule has 1 N–H and O–H groups in total. The third kappa shape index (κ3) is 4.52. The fourth-order valence-electron chi connectivity index (χ4n) is 1.90. The maximum atomic E-state index is 6.06. The van der Waals surface area contributed by atoms with Crippen molar-refractivity contribution in [2.75, 3.05) is 0 Å². The van der Waals surface area contributed by atoms with Crippen molar-refractivity contribution in [3.63, 3.8) is 0 Å². The predicted octanol–water partition coefficient (Wildman–Crippen LogP) is 5.68. The first-order valence-corrected chi connectivity index (χ1v) is 8.98. The quantitative estimate of drug-likeness (QED) is 0.730. The number of rotatable bonds is 4. The van der Waals surface area contributed by atoms with Gasteiger partial charge in [0.1, 0.15) is 5.01 Å². The van der Waals surface area contributed by atoms with E-state index in [0.717, 1.165) is 33.0 Å². The van der Waals surface area contributed by atoms with Crippen molar-refractivity contribution >= 4 is 38.9 Å². The summed E-state index contributed by atoms with van der Waals surface area (Å²) in [4.78, 5) is 6.10. The molecular weight excluding hydrogens is 368 g/mol. The fourth-order valence-corrected chi connectivity index (χ4v) is 3.48. The molecule has 0 amide bonds. The second-order valence-electron chi connectivity index (χ2n) is 5.97. The molecule has 2 aromatic rings. The van der Waals surface area contributed by atoms with Gasteiger partial charge in [-0.2, -0.15) is 0 Å². The van der Waals surface area contributed by atoms with Crippen LogP contribution in [0.1, 0.15) is 38.3 Å². The van der Waals surface area contributed by atoms with Crippen LogP contribution in [0.15, 0.2) is 22.7 Å². The summed E-state index contributed by atoms with van der Waals surface area (Å²) in [5.41, 5.74) is 2.39. The molecule has 1 heterocycles. The monoisotopic (exact) mass is 386 g/mol. The Balaban J connectivity index is 2.29. The van der Waals surface area contributed by atoms with Gasteiger partial charge in [0.2, 0.25) is 0 Å². The number of halogens is 2. The normalized spacial score (nSPS) is 11.9. The van der Waals surface area contributed by atoms with Crippen LogP contribution in [0.5, 0.6) is 0 Å². The third-order valence-electron chi connectivity index (χ3n) is 3.06. The highest BCUT2D eigenvalue weighted by Crippen LogP contribution is 2.33. The van der Waals surface area contributed by atoms with E-state index in [2.05, 4.69) is 48.9 Å². The first-order valence-electron chi connectivity index (χ1n) is 6.99. The van der Waals surface area contributed by atoms with Gasteiger partial charge in [-0.1, -0.05) is 24.6 Å². The molecule has 0 fully saturated rings. The largest absolute Gasteiger partial charge is 0.307 e. The molecule has 0 saturated carbocycles. The van der Waals surface area contributed by atoms with Gasteiger partial charge in [0.05, 0.1) is 10.7 Å². The van der Waals surface area contributed by atoms with Crippen molar-refractivity contribution in [1.29, 1.82) is 0 Å². The summed E-state index contributed by atoms with van der Waals surface area (Å²) in [5, 5.41) is 5.31. The van der Waals surface area contributed by atoms with Gasteiger partial charge < -0.3 is 5.32 Å². The maximum absolute atomic E-state index is 6.06. The summed E-state index contributed by atoms with van der Waals surface area (Å²) in [5.74, 6) is 0. The van der Waals surface area contributed by atoms with E-state index in [4.69, 9.17) is 16.6 Å². The Morgan fingerprint density at radius 3 is 2.62 bits per heavy atom.